The predicted octanol–water partition coefficient (Wildman–Crippen LogP) is 2.14. The van der Waals surface area contributed by atoms with Crippen LogP contribution in [0.1, 0.15) is 78.7 Å². The van der Waals surface area contributed by atoms with Gasteiger partial charge in [-0.3, -0.25) is 33.8 Å². The first-order valence-corrected chi connectivity index (χ1v) is 18.8. The van der Waals surface area contributed by atoms with Gasteiger partial charge in [0.05, 0.1) is 0 Å². The van der Waals surface area contributed by atoms with Gasteiger partial charge in [-0.15, -0.1) is 0 Å². The van der Waals surface area contributed by atoms with Gasteiger partial charge in [0.15, 0.2) is 0 Å². The highest BCUT2D eigenvalue weighted by atomic mass is 16.6. The largest absolute Gasteiger partial charge is 0.445 e. The van der Waals surface area contributed by atoms with Crippen LogP contribution >= 0.6 is 0 Å². The van der Waals surface area contributed by atoms with Crippen molar-refractivity contribution in [1.29, 1.82) is 0 Å². The summed E-state index contributed by atoms with van der Waals surface area (Å²) in [5.74, 6) is -2.91. The number of anilines is 1. The van der Waals surface area contributed by atoms with E-state index in [1.54, 1.807) is 58.9 Å². The molecule has 2 aliphatic heterocycles. The van der Waals surface area contributed by atoms with E-state index in [-0.39, 0.29) is 63.9 Å². The third kappa shape index (κ3) is 13.9. The number of benzene rings is 1. The van der Waals surface area contributed by atoms with E-state index in [1.165, 1.54) is 26.9 Å². The minimum Gasteiger partial charge on any atom is -0.445 e. The lowest BCUT2D eigenvalue weighted by Crippen LogP contribution is -2.57. The number of nitrogens with zero attached hydrogens (tertiary/aromatic N) is 4. The van der Waals surface area contributed by atoms with Crippen LogP contribution in [0.15, 0.2) is 36.4 Å². The molecule has 0 spiro atoms. The molecule has 1 aromatic carbocycles. The normalized spacial score (nSPS) is 15.4. The Bertz CT molecular complexity index is 1600. The number of hydrogen-bond acceptors (Lipinski definition) is 10. The predicted molar refractivity (Wildman–Crippen MR) is 204 cm³/mol. The van der Waals surface area contributed by atoms with Crippen molar-refractivity contribution >= 4 is 53.4 Å². The van der Waals surface area contributed by atoms with Gasteiger partial charge in [-0.2, -0.15) is 0 Å². The monoisotopic (exact) mass is 784 g/mol. The van der Waals surface area contributed by atoms with E-state index in [2.05, 4.69) is 10.6 Å². The average molecular weight is 785 g/mol. The number of hydrogen-bond donors (Lipinski definition) is 4. The zero-order chi connectivity index (χ0) is 41.6. The van der Waals surface area contributed by atoms with Crippen molar-refractivity contribution in [3.05, 3.63) is 42.0 Å². The van der Waals surface area contributed by atoms with Gasteiger partial charge in [-0.1, -0.05) is 32.4 Å². The number of rotatable bonds is 18. The number of carbonyl (C=O) groups is 8. The molecule has 18 heteroatoms. The molecule has 1 aromatic rings. The molecule has 0 bridgehead atoms. The number of nitrogens with one attached hydrogen (secondary N) is 2. The Morgan fingerprint density at radius 2 is 1.43 bits per heavy atom. The van der Waals surface area contributed by atoms with Crippen molar-refractivity contribution in [3.63, 3.8) is 0 Å². The summed E-state index contributed by atoms with van der Waals surface area (Å²) in [7, 11) is 0. The van der Waals surface area contributed by atoms with Gasteiger partial charge >= 0.3 is 18.2 Å². The fourth-order valence-corrected chi connectivity index (χ4v) is 6.05. The van der Waals surface area contributed by atoms with Gasteiger partial charge in [0.1, 0.15) is 24.3 Å². The van der Waals surface area contributed by atoms with Crippen LogP contribution in [0, 0.1) is 5.92 Å². The maximum absolute atomic E-state index is 14.3. The Morgan fingerprint density at radius 3 is 1.96 bits per heavy atom. The SMILES string of the molecule is CC(C)[C@H](NC(=O)CCCCCN1C(=O)C=CC1=O)C(=O)N(c1ccc(COC(=O)N2CCN(C(=O)OC(C)(C)C)CC2)cc1)[C@@H](CCCNC(N)=O)C(N)=O. The first-order chi connectivity index (χ1) is 26.4. The molecule has 2 heterocycles. The molecular formula is C38H56N8O10. The van der Waals surface area contributed by atoms with Crippen LogP contribution in [-0.2, 0) is 40.1 Å². The molecule has 0 unspecified atom stereocenters. The van der Waals surface area contributed by atoms with Crippen molar-refractivity contribution in [2.45, 2.75) is 97.4 Å². The summed E-state index contributed by atoms with van der Waals surface area (Å²) in [5.41, 5.74) is 11.3. The molecule has 0 radical (unpaired) electrons. The van der Waals surface area contributed by atoms with Crippen LogP contribution < -0.4 is 27.0 Å². The second kappa shape index (κ2) is 20.8. The summed E-state index contributed by atoms with van der Waals surface area (Å²) in [4.78, 5) is 106. The molecule has 0 saturated carbocycles. The van der Waals surface area contributed by atoms with Crippen molar-refractivity contribution in [2.24, 2.45) is 17.4 Å². The lowest BCUT2D eigenvalue weighted by molar-refractivity contribution is -0.137. The van der Waals surface area contributed by atoms with Gasteiger partial charge in [0.2, 0.25) is 11.8 Å². The summed E-state index contributed by atoms with van der Waals surface area (Å²) in [6, 6.07) is 3.49. The second-order valence-electron chi connectivity index (χ2n) is 15.0. The van der Waals surface area contributed by atoms with E-state index in [1.807, 2.05) is 0 Å². The molecule has 1 saturated heterocycles. The van der Waals surface area contributed by atoms with E-state index in [4.69, 9.17) is 20.9 Å². The zero-order valence-electron chi connectivity index (χ0n) is 32.9. The lowest BCUT2D eigenvalue weighted by Gasteiger charge is -2.35. The minimum atomic E-state index is -1.16. The van der Waals surface area contributed by atoms with Gasteiger partial charge in [-0.05, 0) is 70.1 Å². The molecule has 9 amide bonds. The molecule has 1 fully saturated rings. The molecule has 308 valence electrons. The summed E-state index contributed by atoms with van der Waals surface area (Å²) < 4.78 is 10.9. The molecule has 18 nitrogen and oxygen atoms in total. The first-order valence-electron chi connectivity index (χ1n) is 18.8. The van der Waals surface area contributed by atoms with Crippen molar-refractivity contribution in [1.82, 2.24) is 25.3 Å². The van der Waals surface area contributed by atoms with Gasteiger partial charge in [0.25, 0.3) is 17.7 Å². The number of carbonyl (C=O) groups excluding carboxylic acids is 8. The lowest BCUT2D eigenvalue weighted by atomic mass is 9.99. The van der Waals surface area contributed by atoms with Crippen LogP contribution in [-0.4, -0.2) is 119 Å². The molecule has 0 aliphatic carbocycles. The number of amides is 9. The van der Waals surface area contributed by atoms with E-state index in [0.717, 1.165) is 4.90 Å². The summed E-state index contributed by atoms with van der Waals surface area (Å²) in [5, 5.41) is 5.26. The van der Waals surface area contributed by atoms with Crippen LogP contribution in [0.25, 0.3) is 0 Å². The van der Waals surface area contributed by atoms with Crippen molar-refractivity contribution in [2.75, 3.05) is 44.2 Å². The fraction of sp³-hybridized carbons (Fsp3) is 0.579. The quantitative estimate of drug-likeness (QED) is 0.125. The van der Waals surface area contributed by atoms with Crippen LogP contribution in [0.5, 0.6) is 0 Å². The topological polar surface area (TPSA) is 244 Å². The van der Waals surface area contributed by atoms with E-state index < -0.39 is 59.5 Å². The third-order valence-electron chi connectivity index (χ3n) is 9.03. The first kappa shape index (κ1) is 44.7. The summed E-state index contributed by atoms with van der Waals surface area (Å²) in [6.45, 7) is 10.3. The van der Waals surface area contributed by atoms with Crippen molar-refractivity contribution in [3.8, 4) is 0 Å². The molecule has 3 rings (SSSR count). The number of primary amides is 2. The molecule has 0 aromatic heterocycles. The van der Waals surface area contributed by atoms with Gasteiger partial charge in [0, 0.05) is 63.5 Å². The standard InChI is InChI=1S/C38H56N8O10/c1-25(2)32(42-29(47)11-7-6-8-19-45-30(48)16-17-31(45)49)34(51)46(28(33(39)50)10-9-18-41-35(40)52)27-14-12-26(13-15-27)24-55-36(53)43-20-22-44(23-21-43)37(54)56-38(3,4)5/h12-17,25,28,32H,6-11,18-24H2,1-5H3,(H2,39,50)(H,42,47)(H3,40,41,52)/t28-,32-/m0/s1. The van der Waals surface area contributed by atoms with Crippen molar-refractivity contribution < 1.29 is 47.8 Å². The Balaban J connectivity index is 1.67. The zero-order valence-corrected chi connectivity index (χ0v) is 32.9. The van der Waals surface area contributed by atoms with E-state index in [0.29, 0.717) is 43.6 Å². The molecule has 56 heavy (non-hydrogen) atoms. The number of urea groups is 1. The number of nitrogens with two attached hydrogens (primary N) is 2. The molecule has 2 atom stereocenters. The van der Waals surface area contributed by atoms with Crippen LogP contribution in [0.3, 0.4) is 0 Å². The average Bonchev–Trinajstić information content (AvgIpc) is 3.45. The number of unbranched alkanes of at least 4 members (excludes halogenated alkanes) is 2. The van der Waals surface area contributed by atoms with Crippen LogP contribution in [0.2, 0.25) is 0 Å². The highest BCUT2D eigenvalue weighted by Crippen LogP contribution is 2.24. The molecular weight excluding hydrogens is 728 g/mol. The summed E-state index contributed by atoms with van der Waals surface area (Å²) in [6.07, 6.45) is 3.36. The number of ether oxygens (including phenoxy) is 2. The third-order valence-corrected chi connectivity index (χ3v) is 9.03. The maximum Gasteiger partial charge on any atom is 0.410 e. The minimum absolute atomic E-state index is 0.0677. The van der Waals surface area contributed by atoms with E-state index in [9.17, 15) is 38.4 Å². The second-order valence-corrected chi connectivity index (χ2v) is 15.0. The Kier molecular flexibility index (Phi) is 16.6. The molecule has 2 aliphatic rings. The van der Waals surface area contributed by atoms with Gasteiger partial charge < -0.3 is 41.4 Å². The Labute approximate surface area is 327 Å². The summed E-state index contributed by atoms with van der Waals surface area (Å²) >= 11 is 0. The smallest absolute Gasteiger partial charge is 0.410 e. The maximum atomic E-state index is 14.3. The van der Waals surface area contributed by atoms with E-state index >= 15 is 0 Å². The Hall–Kier alpha value is -5.68. The fourth-order valence-electron chi connectivity index (χ4n) is 6.05. The Morgan fingerprint density at radius 1 is 0.839 bits per heavy atom. The van der Waals surface area contributed by atoms with Crippen LogP contribution in [0.4, 0.5) is 20.1 Å². The highest BCUT2D eigenvalue weighted by Gasteiger charge is 2.36. The number of imide groups is 1. The highest BCUT2D eigenvalue weighted by molar-refractivity contribution is 6.12. The number of piperazine rings is 1. The molecule has 6 N–H and O–H groups in total. The van der Waals surface area contributed by atoms with Gasteiger partial charge in [-0.25, -0.2) is 14.4 Å².